The maximum Gasteiger partial charge on any atom is 0.315 e. The number of benzene rings is 1. The van der Waals surface area contributed by atoms with Crippen LogP contribution in [0.15, 0.2) is 30.5 Å². The van der Waals surface area contributed by atoms with Gasteiger partial charge in [0, 0.05) is 30.8 Å². The molecule has 2 amide bonds. The standard InChI is InChI=1S/C20H26N4O/c1-24-19-11-5-10-18(17(19)13-22-24)23-20(25)21-12-15-8-4-7-14-6-2-3-9-16(14)15/h2-3,6,9,13,15,18H,4-5,7-8,10-12H2,1H3,(H2,21,23,25). The second kappa shape index (κ2) is 6.90. The van der Waals surface area contributed by atoms with Gasteiger partial charge in [0.25, 0.3) is 0 Å². The third-order valence-electron chi connectivity index (χ3n) is 5.68. The van der Waals surface area contributed by atoms with Gasteiger partial charge in [0.1, 0.15) is 0 Å². The van der Waals surface area contributed by atoms with E-state index < -0.39 is 0 Å². The van der Waals surface area contributed by atoms with Crippen LogP contribution in [0.4, 0.5) is 4.79 Å². The number of fused-ring (bicyclic) bond motifs is 2. The SMILES string of the molecule is Cn1ncc2c1CCCC2NC(=O)NCC1CCCc2ccccc21. The molecular formula is C20H26N4O. The number of urea groups is 1. The van der Waals surface area contributed by atoms with Crippen molar-refractivity contribution in [2.75, 3.05) is 6.54 Å². The van der Waals surface area contributed by atoms with Gasteiger partial charge in [0.15, 0.2) is 0 Å². The molecule has 5 heteroatoms. The summed E-state index contributed by atoms with van der Waals surface area (Å²) in [6.07, 6.45) is 8.53. The van der Waals surface area contributed by atoms with Crippen LogP contribution < -0.4 is 10.6 Å². The number of hydrogen-bond acceptors (Lipinski definition) is 2. The van der Waals surface area contributed by atoms with Crippen molar-refractivity contribution in [3.8, 4) is 0 Å². The molecular weight excluding hydrogens is 312 g/mol. The number of amides is 2. The topological polar surface area (TPSA) is 59.0 Å². The lowest BCUT2D eigenvalue weighted by atomic mass is 9.83. The third kappa shape index (κ3) is 3.28. The zero-order valence-electron chi connectivity index (χ0n) is 14.8. The van der Waals surface area contributed by atoms with E-state index in [-0.39, 0.29) is 12.1 Å². The van der Waals surface area contributed by atoms with E-state index in [2.05, 4.69) is 40.0 Å². The van der Waals surface area contributed by atoms with Gasteiger partial charge in [-0.1, -0.05) is 24.3 Å². The number of aryl methyl sites for hydroxylation is 2. The highest BCUT2D eigenvalue weighted by atomic mass is 16.2. The van der Waals surface area contributed by atoms with Crippen LogP contribution in [0.2, 0.25) is 0 Å². The van der Waals surface area contributed by atoms with Crippen LogP contribution in [-0.2, 0) is 19.9 Å². The number of aromatic nitrogens is 2. The first-order valence-corrected chi connectivity index (χ1v) is 9.35. The Balaban J connectivity index is 1.36. The van der Waals surface area contributed by atoms with Crippen molar-refractivity contribution in [3.05, 3.63) is 52.8 Å². The van der Waals surface area contributed by atoms with E-state index in [1.165, 1.54) is 28.8 Å². The van der Waals surface area contributed by atoms with Crippen molar-refractivity contribution in [2.45, 2.75) is 50.5 Å². The molecule has 2 aromatic rings. The predicted octanol–water partition coefficient (Wildman–Crippen LogP) is 3.22. The molecule has 25 heavy (non-hydrogen) atoms. The fourth-order valence-corrected chi connectivity index (χ4v) is 4.35. The highest BCUT2D eigenvalue weighted by Gasteiger charge is 2.25. The van der Waals surface area contributed by atoms with Crippen molar-refractivity contribution in [2.24, 2.45) is 7.05 Å². The summed E-state index contributed by atoms with van der Waals surface area (Å²) >= 11 is 0. The highest BCUT2D eigenvalue weighted by Crippen LogP contribution is 2.31. The average Bonchev–Trinajstić information content (AvgIpc) is 3.02. The molecule has 2 aliphatic rings. The van der Waals surface area contributed by atoms with E-state index in [1.807, 2.05) is 17.9 Å². The van der Waals surface area contributed by atoms with Gasteiger partial charge in [-0.2, -0.15) is 5.10 Å². The van der Waals surface area contributed by atoms with Crippen molar-refractivity contribution in [3.63, 3.8) is 0 Å². The van der Waals surface area contributed by atoms with Crippen LogP contribution >= 0.6 is 0 Å². The first kappa shape index (κ1) is 16.2. The lowest BCUT2D eigenvalue weighted by Crippen LogP contribution is -2.41. The fraction of sp³-hybridized carbons (Fsp3) is 0.500. The molecule has 5 nitrogen and oxygen atoms in total. The molecule has 0 saturated heterocycles. The third-order valence-corrected chi connectivity index (χ3v) is 5.68. The van der Waals surface area contributed by atoms with Gasteiger partial charge in [-0.25, -0.2) is 4.79 Å². The van der Waals surface area contributed by atoms with Gasteiger partial charge in [-0.15, -0.1) is 0 Å². The number of hydrogen-bond donors (Lipinski definition) is 2. The highest BCUT2D eigenvalue weighted by molar-refractivity contribution is 5.74. The zero-order chi connectivity index (χ0) is 17.2. The average molecular weight is 338 g/mol. The maximum atomic E-state index is 12.4. The molecule has 132 valence electrons. The smallest absolute Gasteiger partial charge is 0.315 e. The summed E-state index contributed by atoms with van der Waals surface area (Å²) in [5.74, 6) is 0.427. The Labute approximate surface area is 148 Å². The molecule has 0 bridgehead atoms. The minimum Gasteiger partial charge on any atom is -0.338 e. The molecule has 0 saturated carbocycles. The van der Waals surface area contributed by atoms with Gasteiger partial charge in [-0.05, 0) is 49.7 Å². The summed E-state index contributed by atoms with van der Waals surface area (Å²) in [6, 6.07) is 8.65. The molecule has 1 aromatic carbocycles. The molecule has 0 radical (unpaired) electrons. The number of carbonyl (C=O) groups is 1. The molecule has 2 N–H and O–H groups in total. The molecule has 1 heterocycles. The number of nitrogens with one attached hydrogen (secondary N) is 2. The van der Waals surface area contributed by atoms with Crippen LogP contribution in [0.3, 0.4) is 0 Å². The molecule has 2 aliphatic carbocycles. The molecule has 0 spiro atoms. The number of rotatable bonds is 3. The van der Waals surface area contributed by atoms with Crippen LogP contribution in [0.1, 0.15) is 60.0 Å². The minimum atomic E-state index is -0.0650. The van der Waals surface area contributed by atoms with E-state index in [1.54, 1.807) is 0 Å². The summed E-state index contributed by atoms with van der Waals surface area (Å²) in [7, 11) is 1.97. The normalized spacial score (nSPS) is 22.0. The van der Waals surface area contributed by atoms with Crippen LogP contribution in [0.5, 0.6) is 0 Å². The Kier molecular flexibility index (Phi) is 4.47. The Morgan fingerprint density at radius 2 is 2.04 bits per heavy atom. The van der Waals surface area contributed by atoms with Gasteiger partial charge in [0.2, 0.25) is 0 Å². The Morgan fingerprint density at radius 1 is 1.20 bits per heavy atom. The fourth-order valence-electron chi connectivity index (χ4n) is 4.35. The summed E-state index contributed by atoms with van der Waals surface area (Å²) in [4.78, 5) is 12.4. The van der Waals surface area contributed by atoms with Crippen LogP contribution in [0.25, 0.3) is 0 Å². The van der Waals surface area contributed by atoms with Gasteiger partial charge in [0.05, 0.1) is 12.2 Å². The second-order valence-corrected chi connectivity index (χ2v) is 7.26. The molecule has 2 atom stereocenters. The molecule has 1 aromatic heterocycles. The number of nitrogens with zero attached hydrogens (tertiary/aromatic N) is 2. The quantitative estimate of drug-likeness (QED) is 0.903. The largest absolute Gasteiger partial charge is 0.338 e. The van der Waals surface area contributed by atoms with E-state index in [0.717, 1.165) is 32.1 Å². The minimum absolute atomic E-state index is 0.0650. The van der Waals surface area contributed by atoms with E-state index in [4.69, 9.17) is 0 Å². The first-order chi connectivity index (χ1) is 12.2. The van der Waals surface area contributed by atoms with Gasteiger partial charge < -0.3 is 10.6 Å². The molecule has 2 unspecified atom stereocenters. The Bertz CT molecular complexity index is 767. The van der Waals surface area contributed by atoms with Crippen molar-refractivity contribution in [1.82, 2.24) is 20.4 Å². The lowest BCUT2D eigenvalue weighted by molar-refractivity contribution is 0.234. The van der Waals surface area contributed by atoms with Crippen LogP contribution in [0, 0.1) is 0 Å². The summed E-state index contributed by atoms with van der Waals surface area (Å²) in [5, 5.41) is 10.6. The first-order valence-electron chi connectivity index (χ1n) is 9.35. The van der Waals surface area contributed by atoms with E-state index >= 15 is 0 Å². The molecule has 0 fully saturated rings. The summed E-state index contributed by atoms with van der Waals surface area (Å²) < 4.78 is 1.93. The van der Waals surface area contributed by atoms with Crippen molar-refractivity contribution >= 4 is 6.03 Å². The Hall–Kier alpha value is -2.30. The molecule has 4 rings (SSSR count). The summed E-state index contributed by atoms with van der Waals surface area (Å²) in [5.41, 5.74) is 5.26. The monoisotopic (exact) mass is 338 g/mol. The Morgan fingerprint density at radius 3 is 2.96 bits per heavy atom. The second-order valence-electron chi connectivity index (χ2n) is 7.26. The summed E-state index contributed by atoms with van der Waals surface area (Å²) in [6.45, 7) is 0.704. The predicted molar refractivity (Wildman–Crippen MR) is 97.5 cm³/mol. The van der Waals surface area contributed by atoms with E-state index in [0.29, 0.717) is 12.5 Å². The van der Waals surface area contributed by atoms with Crippen molar-refractivity contribution < 1.29 is 4.79 Å². The van der Waals surface area contributed by atoms with E-state index in [9.17, 15) is 4.79 Å². The number of carbonyl (C=O) groups excluding carboxylic acids is 1. The molecule has 0 aliphatic heterocycles. The van der Waals surface area contributed by atoms with Crippen LogP contribution in [-0.4, -0.2) is 22.4 Å². The van der Waals surface area contributed by atoms with Crippen molar-refractivity contribution in [1.29, 1.82) is 0 Å². The maximum absolute atomic E-state index is 12.4. The zero-order valence-corrected chi connectivity index (χ0v) is 14.8. The lowest BCUT2D eigenvalue weighted by Gasteiger charge is -2.27. The van der Waals surface area contributed by atoms with Gasteiger partial charge in [-0.3, -0.25) is 4.68 Å². The van der Waals surface area contributed by atoms with Gasteiger partial charge >= 0.3 is 6.03 Å².